The zero-order valence-electron chi connectivity index (χ0n) is 14.8. The zero-order chi connectivity index (χ0) is 21.0. The molecule has 0 unspecified atom stereocenters. The Kier molecular flexibility index (Phi) is 5.98. The van der Waals surface area contributed by atoms with Crippen molar-refractivity contribution in [2.75, 3.05) is 12.4 Å². The van der Waals surface area contributed by atoms with Crippen molar-refractivity contribution >= 4 is 44.4 Å². The summed E-state index contributed by atoms with van der Waals surface area (Å²) >= 11 is 1.22. The van der Waals surface area contributed by atoms with Crippen LogP contribution in [0.1, 0.15) is 5.56 Å². The van der Waals surface area contributed by atoms with E-state index in [2.05, 4.69) is 15.0 Å². The molecule has 150 valence electrons. The van der Waals surface area contributed by atoms with E-state index in [1.165, 1.54) is 18.4 Å². The third-order valence-corrected chi connectivity index (χ3v) is 4.59. The van der Waals surface area contributed by atoms with Crippen LogP contribution in [0.4, 0.5) is 19.6 Å². The van der Waals surface area contributed by atoms with E-state index in [-0.39, 0.29) is 17.0 Å². The van der Waals surface area contributed by atoms with Crippen LogP contribution in [0.3, 0.4) is 0 Å². The van der Waals surface area contributed by atoms with Gasteiger partial charge in [-0.25, -0.2) is 4.98 Å². The van der Waals surface area contributed by atoms with Crippen LogP contribution in [-0.4, -0.2) is 29.5 Å². The molecule has 0 fully saturated rings. The first-order chi connectivity index (χ1) is 13.9. The van der Waals surface area contributed by atoms with Crippen LogP contribution in [-0.2, 0) is 4.79 Å². The van der Waals surface area contributed by atoms with Crippen molar-refractivity contribution in [2.45, 2.75) is 6.61 Å². The number of nitro benzene ring substituents is 1. The standard InChI is InChI=1S/C18H13F2N3O5S/c1-27-12-4-5-13-15(9-12)29-18(21-13)22-16(24)7-2-10-8-11(23(25)26)3-6-14(10)28-17(19)20/h2-9,17H,1H3,(H,21,22,24). The molecule has 0 atom stereocenters. The number of benzene rings is 2. The normalized spacial score (nSPS) is 11.2. The predicted octanol–water partition coefficient (Wildman–Crippen LogP) is 4.47. The number of ether oxygens (including phenoxy) is 2. The lowest BCUT2D eigenvalue weighted by Gasteiger charge is -2.07. The molecule has 1 heterocycles. The van der Waals surface area contributed by atoms with E-state index in [0.29, 0.717) is 16.4 Å². The lowest BCUT2D eigenvalue weighted by molar-refractivity contribution is -0.384. The number of thiazole rings is 1. The minimum Gasteiger partial charge on any atom is -0.497 e. The van der Waals surface area contributed by atoms with Crippen LogP contribution in [0.25, 0.3) is 16.3 Å². The quantitative estimate of drug-likeness (QED) is 0.343. The smallest absolute Gasteiger partial charge is 0.387 e. The molecular formula is C18H13F2N3O5S. The molecule has 11 heteroatoms. The van der Waals surface area contributed by atoms with E-state index in [0.717, 1.165) is 35.1 Å². The number of methoxy groups -OCH3 is 1. The minimum absolute atomic E-state index is 0.0383. The molecule has 0 radical (unpaired) electrons. The summed E-state index contributed by atoms with van der Waals surface area (Å²) in [7, 11) is 1.54. The highest BCUT2D eigenvalue weighted by Gasteiger charge is 2.14. The molecule has 1 N–H and O–H groups in total. The highest BCUT2D eigenvalue weighted by molar-refractivity contribution is 7.22. The summed E-state index contributed by atoms with van der Waals surface area (Å²) in [5, 5.41) is 13.8. The van der Waals surface area contributed by atoms with Crippen molar-refractivity contribution in [1.29, 1.82) is 0 Å². The fourth-order valence-electron chi connectivity index (χ4n) is 2.38. The number of hydrogen-bond donors (Lipinski definition) is 1. The predicted molar refractivity (Wildman–Crippen MR) is 104 cm³/mol. The molecule has 1 amide bonds. The lowest BCUT2D eigenvalue weighted by atomic mass is 10.1. The first kappa shape index (κ1) is 20.1. The fourth-order valence-corrected chi connectivity index (χ4v) is 3.28. The maximum Gasteiger partial charge on any atom is 0.387 e. The number of rotatable bonds is 7. The van der Waals surface area contributed by atoms with Gasteiger partial charge in [-0.1, -0.05) is 11.3 Å². The van der Waals surface area contributed by atoms with Crippen molar-refractivity contribution in [2.24, 2.45) is 0 Å². The summed E-state index contributed by atoms with van der Waals surface area (Å²) in [5.41, 5.74) is 0.303. The fraction of sp³-hybridized carbons (Fsp3) is 0.111. The van der Waals surface area contributed by atoms with Gasteiger partial charge in [0.2, 0.25) is 5.91 Å². The average Bonchev–Trinajstić information content (AvgIpc) is 3.07. The largest absolute Gasteiger partial charge is 0.497 e. The number of nitrogens with zero attached hydrogens (tertiary/aromatic N) is 2. The molecular weight excluding hydrogens is 408 g/mol. The van der Waals surface area contributed by atoms with Crippen LogP contribution >= 0.6 is 11.3 Å². The number of hydrogen-bond acceptors (Lipinski definition) is 7. The van der Waals surface area contributed by atoms with Gasteiger partial charge in [-0.15, -0.1) is 0 Å². The molecule has 3 aromatic rings. The number of carbonyl (C=O) groups excluding carboxylic acids is 1. The van der Waals surface area contributed by atoms with E-state index in [4.69, 9.17) is 4.74 Å². The second-order valence-corrected chi connectivity index (χ2v) is 6.56. The highest BCUT2D eigenvalue weighted by Crippen LogP contribution is 2.30. The second-order valence-electron chi connectivity index (χ2n) is 5.53. The topological polar surface area (TPSA) is 104 Å². The first-order valence-corrected chi connectivity index (χ1v) is 8.84. The van der Waals surface area contributed by atoms with E-state index in [1.807, 2.05) is 0 Å². The molecule has 0 spiro atoms. The van der Waals surface area contributed by atoms with Crippen molar-refractivity contribution in [3.05, 3.63) is 58.2 Å². The molecule has 29 heavy (non-hydrogen) atoms. The maximum atomic E-state index is 12.5. The summed E-state index contributed by atoms with van der Waals surface area (Å²) in [6, 6.07) is 8.36. The van der Waals surface area contributed by atoms with Crippen molar-refractivity contribution in [3.63, 3.8) is 0 Å². The van der Waals surface area contributed by atoms with E-state index >= 15 is 0 Å². The van der Waals surface area contributed by atoms with Gasteiger partial charge in [0.1, 0.15) is 11.5 Å². The molecule has 0 bridgehead atoms. The average molecular weight is 421 g/mol. The minimum atomic E-state index is -3.11. The highest BCUT2D eigenvalue weighted by atomic mass is 32.1. The summed E-state index contributed by atoms with van der Waals surface area (Å²) in [5.74, 6) is -0.233. The van der Waals surface area contributed by atoms with Crippen molar-refractivity contribution < 1.29 is 28.0 Å². The molecule has 3 rings (SSSR count). The number of amides is 1. The van der Waals surface area contributed by atoms with Crippen LogP contribution < -0.4 is 14.8 Å². The zero-order valence-corrected chi connectivity index (χ0v) is 15.6. The van der Waals surface area contributed by atoms with Gasteiger partial charge in [-0.05, 0) is 30.3 Å². The molecule has 0 saturated heterocycles. The molecule has 1 aromatic heterocycles. The SMILES string of the molecule is COc1ccc2nc(NC(=O)C=Cc3cc([N+](=O)[O-])ccc3OC(F)F)sc2c1. The Morgan fingerprint density at radius 3 is 2.79 bits per heavy atom. The lowest BCUT2D eigenvalue weighted by Crippen LogP contribution is -2.07. The summed E-state index contributed by atoms with van der Waals surface area (Å²) < 4.78 is 35.3. The summed E-state index contributed by atoms with van der Waals surface area (Å²) in [4.78, 5) is 26.6. The number of carbonyl (C=O) groups is 1. The number of halogens is 2. The van der Waals surface area contributed by atoms with Crippen molar-refractivity contribution in [3.8, 4) is 11.5 Å². The molecule has 0 saturated carbocycles. The number of nitro groups is 1. The van der Waals surface area contributed by atoms with E-state index in [1.54, 1.807) is 18.2 Å². The monoisotopic (exact) mass is 421 g/mol. The van der Waals surface area contributed by atoms with Gasteiger partial charge in [0.05, 0.1) is 22.2 Å². The Morgan fingerprint density at radius 2 is 2.10 bits per heavy atom. The van der Waals surface area contributed by atoms with Crippen LogP contribution in [0.15, 0.2) is 42.5 Å². The Hall–Kier alpha value is -3.60. The Morgan fingerprint density at radius 1 is 1.31 bits per heavy atom. The second kappa shape index (κ2) is 8.61. The number of anilines is 1. The van der Waals surface area contributed by atoms with Crippen LogP contribution in [0, 0.1) is 10.1 Å². The van der Waals surface area contributed by atoms with Gasteiger partial charge in [0.25, 0.3) is 5.69 Å². The number of alkyl halides is 2. The van der Waals surface area contributed by atoms with Gasteiger partial charge >= 0.3 is 6.61 Å². The Balaban J connectivity index is 1.79. The number of non-ortho nitro benzene ring substituents is 1. The van der Waals surface area contributed by atoms with Gasteiger partial charge in [0.15, 0.2) is 5.13 Å². The molecule has 0 aliphatic carbocycles. The van der Waals surface area contributed by atoms with Crippen LogP contribution in [0.2, 0.25) is 0 Å². The maximum absolute atomic E-state index is 12.5. The third kappa shape index (κ3) is 5.02. The number of fused-ring (bicyclic) bond motifs is 1. The summed E-state index contributed by atoms with van der Waals surface area (Å²) in [6.45, 7) is -3.11. The van der Waals surface area contributed by atoms with Crippen LogP contribution in [0.5, 0.6) is 11.5 Å². The molecule has 0 aliphatic rings. The van der Waals surface area contributed by atoms with Crippen molar-refractivity contribution in [1.82, 2.24) is 4.98 Å². The Labute approximate surface area is 166 Å². The van der Waals surface area contributed by atoms with Gasteiger partial charge < -0.3 is 9.47 Å². The summed E-state index contributed by atoms with van der Waals surface area (Å²) in [6.07, 6.45) is 2.19. The third-order valence-electron chi connectivity index (χ3n) is 3.66. The first-order valence-electron chi connectivity index (χ1n) is 8.02. The molecule has 8 nitrogen and oxygen atoms in total. The molecule has 0 aliphatic heterocycles. The van der Waals surface area contributed by atoms with Gasteiger partial charge in [-0.3, -0.25) is 20.2 Å². The number of aromatic nitrogens is 1. The Bertz CT molecular complexity index is 1100. The van der Waals surface area contributed by atoms with Gasteiger partial charge in [0, 0.05) is 23.8 Å². The van der Waals surface area contributed by atoms with E-state index < -0.39 is 17.4 Å². The van der Waals surface area contributed by atoms with E-state index in [9.17, 15) is 23.7 Å². The number of nitrogens with one attached hydrogen (secondary N) is 1. The molecule has 2 aromatic carbocycles. The van der Waals surface area contributed by atoms with Gasteiger partial charge in [-0.2, -0.15) is 8.78 Å².